The minimum atomic E-state index is -0.514. The summed E-state index contributed by atoms with van der Waals surface area (Å²) in [5.74, 6) is -0.310. The Labute approximate surface area is 175 Å². The van der Waals surface area contributed by atoms with E-state index >= 15 is 0 Å². The fraction of sp³-hybridized carbons (Fsp3) is 0.0476. The molecule has 1 amide bonds. The molecule has 152 valence electrons. The van der Waals surface area contributed by atoms with E-state index in [2.05, 4.69) is 41.8 Å². The molecule has 2 aromatic heterocycles. The molecule has 0 fully saturated rings. The number of rotatable bonds is 4. The van der Waals surface area contributed by atoms with Crippen LogP contribution in [0.25, 0.3) is 27.4 Å². The van der Waals surface area contributed by atoms with Crippen LogP contribution in [0.5, 0.6) is 0 Å². The highest BCUT2D eigenvalue weighted by atomic mass is 16.6. The van der Waals surface area contributed by atoms with Crippen molar-refractivity contribution in [1.29, 1.82) is 0 Å². The zero-order valence-corrected chi connectivity index (χ0v) is 16.4. The summed E-state index contributed by atoms with van der Waals surface area (Å²) in [5.41, 5.74) is 9.62. The molecule has 5 aromatic rings. The Bertz CT molecular complexity index is 1410. The van der Waals surface area contributed by atoms with Crippen LogP contribution in [-0.2, 0) is 0 Å². The number of hydrazone groups is 1. The van der Waals surface area contributed by atoms with E-state index in [1.54, 1.807) is 13.1 Å². The summed E-state index contributed by atoms with van der Waals surface area (Å²) in [4.78, 5) is 12.6. The Morgan fingerprint density at radius 1 is 1.10 bits per heavy atom. The van der Waals surface area contributed by atoms with Crippen molar-refractivity contribution >= 4 is 39.5 Å². The van der Waals surface area contributed by atoms with E-state index in [4.69, 9.17) is 5.73 Å². The second kappa shape index (κ2) is 7.34. The van der Waals surface area contributed by atoms with Gasteiger partial charge in [0.15, 0.2) is 5.69 Å². The Balaban J connectivity index is 1.46. The van der Waals surface area contributed by atoms with Crippen molar-refractivity contribution in [2.75, 3.05) is 5.73 Å². The van der Waals surface area contributed by atoms with E-state index < -0.39 is 5.91 Å². The molecule has 0 aliphatic carbocycles. The number of benzene rings is 3. The summed E-state index contributed by atoms with van der Waals surface area (Å²) in [7, 11) is 0. The van der Waals surface area contributed by atoms with Gasteiger partial charge in [-0.15, -0.1) is 5.10 Å². The normalized spacial score (nSPS) is 11.5. The van der Waals surface area contributed by atoms with Crippen LogP contribution in [0.1, 0.15) is 21.7 Å². The van der Waals surface area contributed by atoms with E-state index in [-0.39, 0.29) is 17.3 Å². The lowest BCUT2D eigenvalue weighted by molar-refractivity contribution is 0.0949. The van der Waals surface area contributed by atoms with Crippen molar-refractivity contribution in [3.63, 3.8) is 0 Å². The monoisotopic (exact) mass is 412 g/mol. The maximum absolute atomic E-state index is 12.6. The van der Waals surface area contributed by atoms with Crippen LogP contribution in [0.4, 0.5) is 5.82 Å². The first-order chi connectivity index (χ1) is 15.1. The number of aromatic nitrogens is 5. The summed E-state index contributed by atoms with van der Waals surface area (Å²) < 4.78 is 5.85. The van der Waals surface area contributed by atoms with Gasteiger partial charge in [0, 0.05) is 5.56 Å². The average molecular weight is 412 g/mol. The van der Waals surface area contributed by atoms with E-state index in [1.165, 1.54) is 4.68 Å². The summed E-state index contributed by atoms with van der Waals surface area (Å²) in [6, 6.07) is 18.2. The maximum atomic E-state index is 12.6. The molecule has 5 rings (SSSR count). The van der Waals surface area contributed by atoms with Crippen molar-refractivity contribution in [2.45, 2.75) is 6.92 Å². The Kier molecular flexibility index (Phi) is 4.36. The number of hydrogen-bond donors (Lipinski definition) is 2. The lowest BCUT2D eigenvalue weighted by Gasteiger charge is -2.07. The minimum absolute atomic E-state index is 0.0424. The molecule has 0 radical (unpaired) electrons. The average Bonchev–Trinajstić information content (AvgIpc) is 3.38. The van der Waals surface area contributed by atoms with Gasteiger partial charge in [-0.3, -0.25) is 4.79 Å². The Morgan fingerprint density at radius 3 is 2.42 bits per heavy atom. The molecule has 0 spiro atoms. The third-order valence-electron chi connectivity index (χ3n) is 4.98. The molecule has 10 nitrogen and oxygen atoms in total. The lowest BCUT2D eigenvalue weighted by atomic mass is 9.97. The zero-order valence-electron chi connectivity index (χ0n) is 16.4. The SMILES string of the molecule is Cc1c(C(=O)N/N=C\c2c3ccccc3cc3ccccc23)nnn1-c1nonc1N. The van der Waals surface area contributed by atoms with Crippen LogP contribution >= 0.6 is 0 Å². The third-order valence-corrected chi connectivity index (χ3v) is 4.98. The maximum Gasteiger partial charge on any atom is 0.293 e. The molecule has 10 heteroatoms. The van der Waals surface area contributed by atoms with Gasteiger partial charge in [0.1, 0.15) is 0 Å². The smallest absolute Gasteiger partial charge is 0.293 e. The molecule has 0 bridgehead atoms. The predicted molar refractivity (Wildman–Crippen MR) is 115 cm³/mol. The van der Waals surface area contributed by atoms with Crippen LogP contribution in [0.3, 0.4) is 0 Å². The fourth-order valence-corrected chi connectivity index (χ4v) is 3.47. The Hall–Kier alpha value is -4.60. The van der Waals surface area contributed by atoms with Crippen molar-refractivity contribution < 1.29 is 9.42 Å². The van der Waals surface area contributed by atoms with Crippen LogP contribution in [0.15, 0.2) is 64.3 Å². The molecular formula is C21H16N8O2. The van der Waals surface area contributed by atoms with E-state index in [1.807, 2.05) is 48.5 Å². The van der Waals surface area contributed by atoms with Crippen molar-refractivity contribution in [3.8, 4) is 5.82 Å². The number of nitrogens with one attached hydrogen (secondary N) is 1. The zero-order chi connectivity index (χ0) is 21.4. The van der Waals surface area contributed by atoms with Gasteiger partial charge >= 0.3 is 0 Å². The standard InChI is InChI=1S/C21H16N8O2/c1-12-18(24-28-29(12)20-19(22)26-31-27-20)21(30)25-23-11-17-15-8-4-2-6-13(15)10-14-7-3-5-9-16(14)17/h2-11H,1H3,(H2,22,26)(H,25,30)/b23-11-. The number of nitrogen functional groups attached to an aromatic ring is 1. The quantitative estimate of drug-likeness (QED) is 0.263. The van der Waals surface area contributed by atoms with Gasteiger partial charge in [-0.05, 0) is 44.8 Å². The first-order valence-electron chi connectivity index (χ1n) is 9.38. The molecule has 0 aliphatic rings. The largest absolute Gasteiger partial charge is 0.378 e. The van der Waals surface area contributed by atoms with Gasteiger partial charge in [-0.1, -0.05) is 53.7 Å². The van der Waals surface area contributed by atoms with E-state index in [9.17, 15) is 4.79 Å². The molecular weight excluding hydrogens is 396 g/mol. The molecule has 3 aromatic carbocycles. The van der Waals surface area contributed by atoms with Crippen LogP contribution in [0, 0.1) is 6.92 Å². The first-order valence-corrected chi connectivity index (χ1v) is 9.38. The molecule has 0 unspecified atom stereocenters. The third kappa shape index (κ3) is 3.15. The molecule has 31 heavy (non-hydrogen) atoms. The number of nitrogens with two attached hydrogens (primary N) is 1. The summed E-state index contributed by atoms with van der Waals surface area (Å²) >= 11 is 0. The number of nitrogens with zero attached hydrogens (tertiary/aromatic N) is 6. The molecule has 0 atom stereocenters. The minimum Gasteiger partial charge on any atom is -0.378 e. The topological polar surface area (TPSA) is 137 Å². The summed E-state index contributed by atoms with van der Waals surface area (Å²) in [5, 5.41) is 23.4. The molecule has 0 saturated carbocycles. The first kappa shape index (κ1) is 18.4. The highest BCUT2D eigenvalue weighted by molar-refractivity contribution is 6.13. The number of anilines is 1. The van der Waals surface area contributed by atoms with Crippen molar-refractivity contribution in [2.24, 2.45) is 5.10 Å². The molecule has 3 N–H and O–H groups in total. The number of fused-ring (bicyclic) bond motifs is 2. The highest BCUT2D eigenvalue weighted by Crippen LogP contribution is 2.27. The van der Waals surface area contributed by atoms with Gasteiger partial charge < -0.3 is 5.73 Å². The highest BCUT2D eigenvalue weighted by Gasteiger charge is 2.20. The second-order valence-corrected chi connectivity index (χ2v) is 6.84. The predicted octanol–water partition coefficient (Wildman–Crippen LogP) is 2.61. The number of amides is 1. The number of carbonyl (C=O) groups excluding carboxylic acids is 1. The number of hydrogen-bond acceptors (Lipinski definition) is 8. The van der Waals surface area contributed by atoms with Gasteiger partial charge in [0.2, 0.25) is 11.6 Å². The van der Waals surface area contributed by atoms with Crippen molar-refractivity contribution in [3.05, 3.63) is 71.5 Å². The van der Waals surface area contributed by atoms with Gasteiger partial charge in [-0.25, -0.2) is 10.1 Å². The van der Waals surface area contributed by atoms with Gasteiger partial charge in [0.25, 0.3) is 5.91 Å². The van der Waals surface area contributed by atoms with Crippen LogP contribution in [0.2, 0.25) is 0 Å². The van der Waals surface area contributed by atoms with Crippen molar-refractivity contribution in [1.82, 2.24) is 30.7 Å². The molecule has 0 aliphatic heterocycles. The van der Waals surface area contributed by atoms with Crippen LogP contribution < -0.4 is 11.2 Å². The summed E-state index contributed by atoms with van der Waals surface area (Å²) in [6.07, 6.45) is 1.64. The van der Waals surface area contributed by atoms with Crippen LogP contribution in [-0.4, -0.2) is 37.4 Å². The molecule has 0 saturated heterocycles. The molecule has 2 heterocycles. The fourth-order valence-electron chi connectivity index (χ4n) is 3.47. The van der Waals surface area contributed by atoms with Gasteiger partial charge in [-0.2, -0.15) is 9.78 Å². The number of carbonyl (C=O) groups is 1. The summed E-state index contributed by atoms with van der Waals surface area (Å²) in [6.45, 7) is 1.66. The van der Waals surface area contributed by atoms with Gasteiger partial charge in [0.05, 0.1) is 11.9 Å². The van der Waals surface area contributed by atoms with E-state index in [0.717, 1.165) is 27.1 Å². The second-order valence-electron chi connectivity index (χ2n) is 6.84. The lowest BCUT2D eigenvalue weighted by Crippen LogP contribution is -2.19. The van der Waals surface area contributed by atoms with E-state index in [0.29, 0.717) is 5.69 Å². The Morgan fingerprint density at radius 2 is 1.77 bits per heavy atom.